The minimum absolute atomic E-state index is 0.0658. The average Bonchev–Trinajstić information content (AvgIpc) is 2.81. The number of nitrogens with two attached hydrogens (primary N) is 1. The molecule has 0 saturated heterocycles. The molecule has 5 nitrogen and oxygen atoms in total. The topological polar surface area (TPSA) is 82.3 Å². The summed E-state index contributed by atoms with van der Waals surface area (Å²) in [5.41, 5.74) is 7.06. The lowest BCUT2D eigenvalue weighted by Crippen LogP contribution is -1.91. The molecule has 1 aromatic heterocycles. The Labute approximate surface area is 118 Å². The zero-order chi connectivity index (χ0) is 14.3. The number of fused-ring (bicyclic) bond motifs is 1. The lowest BCUT2D eigenvalue weighted by molar-refractivity contribution is -0.383. The molecular weight excluding hydrogens is 280 g/mol. The van der Waals surface area contributed by atoms with E-state index in [1.54, 1.807) is 36.4 Å². The van der Waals surface area contributed by atoms with E-state index in [9.17, 15) is 10.1 Å². The number of anilines is 1. The van der Waals surface area contributed by atoms with Crippen LogP contribution in [0, 0.1) is 10.1 Å². The third-order valence-corrected chi connectivity index (χ3v) is 3.22. The number of benzene rings is 2. The summed E-state index contributed by atoms with van der Waals surface area (Å²) in [5, 5.41) is 12.1. The first-order chi connectivity index (χ1) is 9.54. The van der Waals surface area contributed by atoms with Crippen molar-refractivity contribution in [2.45, 2.75) is 0 Å². The standard InChI is InChI=1S/C14H9ClN2O3/c15-9-3-1-8(2-4-9)13-7-11-12(17(18)19)5-10(16)6-14(11)20-13/h1-7H,16H2. The van der Waals surface area contributed by atoms with Crippen molar-refractivity contribution in [1.29, 1.82) is 0 Å². The second kappa shape index (κ2) is 4.54. The minimum Gasteiger partial charge on any atom is -0.456 e. The van der Waals surface area contributed by atoms with Gasteiger partial charge in [0.05, 0.1) is 10.3 Å². The molecule has 0 aliphatic rings. The maximum atomic E-state index is 11.0. The van der Waals surface area contributed by atoms with Gasteiger partial charge in [0.1, 0.15) is 11.3 Å². The van der Waals surface area contributed by atoms with Crippen LogP contribution in [-0.2, 0) is 0 Å². The van der Waals surface area contributed by atoms with E-state index < -0.39 is 4.92 Å². The molecule has 100 valence electrons. The van der Waals surface area contributed by atoms with Crippen molar-refractivity contribution in [1.82, 2.24) is 0 Å². The van der Waals surface area contributed by atoms with Gasteiger partial charge in [0.2, 0.25) is 0 Å². The Morgan fingerprint density at radius 1 is 1.15 bits per heavy atom. The minimum atomic E-state index is -0.472. The molecule has 0 fully saturated rings. The summed E-state index contributed by atoms with van der Waals surface area (Å²) in [4.78, 5) is 10.6. The van der Waals surface area contributed by atoms with E-state index in [1.165, 1.54) is 6.07 Å². The molecule has 2 aromatic carbocycles. The van der Waals surface area contributed by atoms with E-state index in [0.717, 1.165) is 5.56 Å². The van der Waals surface area contributed by atoms with Gasteiger partial charge < -0.3 is 10.2 Å². The summed E-state index contributed by atoms with van der Waals surface area (Å²) >= 11 is 5.83. The van der Waals surface area contributed by atoms with Crippen LogP contribution in [0.1, 0.15) is 0 Å². The highest BCUT2D eigenvalue weighted by Crippen LogP contribution is 2.35. The number of rotatable bonds is 2. The van der Waals surface area contributed by atoms with Crippen molar-refractivity contribution in [3.63, 3.8) is 0 Å². The summed E-state index contributed by atoms with van der Waals surface area (Å²) in [6.45, 7) is 0. The average molecular weight is 289 g/mol. The predicted octanol–water partition coefficient (Wildman–Crippen LogP) is 4.24. The number of hydrogen-bond donors (Lipinski definition) is 1. The van der Waals surface area contributed by atoms with Crippen LogP contribution in [-0.4, -0.2) is 4.92 Å². The molecule has 0 aliphatic carbocycles. The number of hydrogen-bond acceptors (Lipinski definition) is 4. The van der Waals surface area contributed by atoms with Gasteiger partial charge in [-0.3, -0.25) is 10.1 Å². The fourth-order valence-corrected chi connectivity index (χ4v) is 2.17. The lowest BCUT2D eigenvalue weighted by Gasteiger charge is -1.96. The molecule has 3 rings (SSSR count). The number of nitrogens with zero attached hydrogens (tertiary/aromatic N) is 1. The Balaban J connectivity index is 2.22. The van der Waals surface area contributed by atoms with Crippen LogP contribution in [0.3, 0.4) is 0 Å². The molecule has 0 aliphatic heterocycles. The molecule has 0 bridgehead atoms. The van der Waals surface area contributed by atoms with Gasteiger partial charge in [-0.2, -0.15) is 0 Å². The van der Waals surface area contributed by atoms with Gasteiger partial charge in [-0.25, -0.2) is 0 Å². The van der Waals surface area contributed by atoms with E-state index in [4.69, 9.17) is 21.8 Å². The first kappa shape index (κ1) is 12.5. The third kappa shape index (κ3) is 2.08. The van der Waals surface area contributed by atoms with Crippen LogP contribution in [0.5, 0.6) is 0 Å². The maximum Gasteiger partial charge on any atom is 0.282 e. The number of non-ortho nitro benzene ring substituents is 1. The van der Waals surface area contributed by atoms with Crippen molar-refractivity contribution in [3.8, 4) is 11.3 Å². The second-order valence-corrected chi connectivity index (χ2v) is 4.76. The Hall–Kier alpha value is -2.53. The van der Waals surface area contributed by atoms with Crippen molar-refractivity contribution in [2.24, 2.45) is 0 Å². The van der Waals surface area contributed by atoms with E-state index in [-0.39, 0.29) is 5.69 Å². The summed E-state index contributed by atoms with van der Waals surface area (Å²) in [5.74, 6) is 0.533. The number of halogens is 1. The van der Waals surface area contributed by atoms with Gasteiger partial charge >= 0.3 is 0 Å². The molecular formula is C14H9ClN2O3. The maximum absolute atomic E-state index is 11.0. The van der Waals surface area contributed by atoms with Gasteiger partial charge in [0.25, 0.3) is 5.69 Å². The molecule has 2 N–H and O–H groups in total. The fraction of sp³-hybridized carbons (Fsp3) is 0. The number of nitrogen functional groups attached to an aromatic ring is 1. The molecule has 3 aromatic rings. The zero-order valence-corrected chi connectivity index (χ0v) is 10.9. The second-order valence-electron chi connectivity index (χ2n) is 4.33. The molecule has 0 amide bonds. The smallest absolute Gasteiger partial charge is 0.282 e. The molecule has 0 saturated carbocycles. The predicted molar refractivity (Wildman–Crippen MR) is 77.7 cm³/mol. The highest BCUT2D eigenvalue weighted by molar-refractivity contribution is 6.30. The van der Waals surface area contributed by atoms with Crippen molar-refractivity contribution >= 4 is 33.9 Å². The molecule has 0 unspecified atom stereocenters. The van der Waals surface area contributed by atoms with Crippen LogP contribution < -0.4 is 5.73 Å². The summed E-state index contributed by atoms with van der Waals surface area (Å²) in [6.07, 6.45) is 0. The van der Waals surface area contributed by atoms with E-state index in [0.29, 0.717) is 27.4 Å². The number of furan rings is 1. The summed E-state index contributed by atoms with van der Waals surface area (Å²) in [7, 11) is 0. The quantitative estimate of drug-likeness (QED) is 0.434. The van der Waals surface area contributed by atoms with Crippen LogP contribution in [0.2, 0.25) is 5.02 Å². The van der Waals surface area contributed by atoms with Crippen LogP contribution in [0.4, 0.5) is 11.4 Å². The van der Waals surface area contributed by atoms with Crippen LogP contribution in [0.25, 0.3) is 22.3 Å². The normalized spacial score (nSPS) is 10.8. The molecule has 0 radical (unpaired) electrons. The van der Waals surface area contributed by atoms with Crippen molar-refractivity contribution in [2.75, 3.05) is 5.73 Å². The Kier molecular flexibility index (Phi) is 2.84. The van der Waals surface area contributed by atoms with E-state index in [2.05, 4.69) is 0 Å². The van der Waals surface area contributed by atoms with Crippen LogP contribution >= 0.6 is 11.6 Å². The SMILES string of the molecule is Nc1cc([N+](=O)[O-])c2cc(-c3ccc(Cl)cc3)oc2c1. The van der Waals surface area contributed by atoms with Crippen LogP contribution in [0.15, 0.2) is 46.9 Å². The van der Waals surface area contributed by atoms with Crippen molar-refractivity contribution in [3.05, 3.63) is 57.6 Å². The highest BCUT2D eigenvalue weighted by atomic mass is 35.5. The lowest BCUT2D eigenvalue weighted by atomic mass is 10.1. The Bertz CT molecular complexity index is 809. The Morgan fingerprint density at radius 2 is 1.85 bits per heavy atom. The van der Waals surface area contributed by atoms with Crippen molar-refractivity contribution < 1.29 is 9.34 Å². The van der Waals surface area contributed by atoms with E-state index in [1.807, 2.05) is 0 Å². The number of nitro groups is 1. The number of nitro benzene ring substituents is 1. The van der Waals surface area contributed by atoms with Gasteiger partial charge in [-0.15, -0.1) is 0 Å². The van der Waals surface area contributed by atoms with Gasteiger partial charge in [0, 0.05) is 28.4 Å². The first-order valence-electron chi connectivity index (χ1n) is 5.78. The molecule has 6 heteroatoms. The molecule has 20 heavy (non-hydrogen) atoms. The van der Waals surface area contributed by atoms with Gasteiger partial charge in [-0.1, -0.05) is 11.6 Å². The van der Waals surface area contributed by atoms with Gasteiger partial charge in [0.15, 0.2) is 0 Å². The molecule has 0 atom stereocenters. The third-order valence-electron chi connectivity index (χ3n) is 2.96. The fourth-order valence-electron chi connectivity index (χ4n) is 2.05. The van der Waals surface area contributed by atoms with Gasteiger partial charge in [-0.05, 0) is 30.3 Å². The monoisotopic (exact) mass is 288 g/mol. The largest absolute Gasteiger partial charge is 0.456 e. The zero-order valence-electron chi connectivity index (χ0n) is 10.2. The molecule has 1 heterocycles. The summed E-state index contributed by atoms with van der Waals surface area (Å²) in [6, 6.07) is 11.6. The summed E-state index contributed by atoms with van der Waals surface area (Å²) < 4.78 is 5.64. The highest BCUT2D eigenvalue weighted by Gasteiger charge is 2.18. The first-order valence-corrected chi connectivity index (χ1v) is 6.16. The van der Waals surface area contributed by atoms with E-state index >= 15 is 0 Å². The Morgan fingerprint density at radius 3 is 2.50 bits per heavy atom. The molecule has 0 spiro atoms.